The highest BCUT2D eigenvalue weighted by Gasteiger charge is 2.35. The van der Waals surface area contributed by atoms with Gasteiger partial charge in [-0.2, -0.15) is 0 Å². The molecule has 0 spiro atoms. The first-order valence-corrected chi connectivity index (χ1v) is 6.99. The van der Waals surface area contributed by atoms with Gasteiger partial charge in [0.05, 0.1) is 5.60 Å². The highest BCUT2D eigenvalue weighted by atomic mass is 16.5. The van der Waals surface area contributed by atoms with E-state index in [9.17, 15) is 0 Å². The molecular formula is C14H29NO. The van der Waals surface area contributed by atoms with Gasteiger partial charge in [0.15, 0.2) is 0 Å². The zero-order valence-electron chi connectivity index (χ0n) is 11.5. The van der Waals surface area contributed by atoms with Crippen LogP contribution < -0.4 is 5.32 Å². The van der Waals surface area contributed by atoms with E-state index < -0.39 is 0 Å². The molecule has 1 N–H and O–H groups in total. The van der Waals surface area contributed by atoms with Gasteiger partial charge < -0.3 is 10.1 Å². The van der Waals surface area contributed by atoms with Gasteiger partial charge in [0, 0.05) is 19.2 Å². The molecule has 2 heteroatoms. The Balaban J connectivity index is 2.46. The van der Waals surface area contributed by atoms with E-state index in [0.717, 1.165) is 19.1 Å². The second kappa shape index (κ2) is 6.61. The predicted molar refractivity (Wildman–Crippen MR) is 69.7 cm³/mol. The molecule has 1 fully saturated rings. The van der Waals surface area contributed by atoms with Crippen LogP contribution in [0.15, 0.2) is 0 Å². The van der Waals surface area contributed by atoms with Gasteiger partial charge in [-0.1, -0.05) is 27.2 Å². The molecule has 1 saturated carbocycles. The van der Waals surface area contributed by atoms with Gasteiger partial charge in [0.25, 0.3) is 0 Å². The first-order valence-electron chi connectivity index (χ1n) is 6.99. The summed E-state index contributed by atoms with van der Waals surface area (Å²) < 4.78 is 6.05. The lowest BCUT2D eigenvalue weighted by atomic mass is 9.77. The molecule has 0 unspecified atom stereocenters. The van der Waals surface area contributed by atoms with E-state index in [-0.39, 0.29) is 5.60 Å². The van der Waals surface area contributed by atoms with Crippen LogP contribution in [0.2, 0.25) is 0 Å². The first-order chi connectivity index (χ1) is 7.62. The molecule has 0 heterocycles. The van der Waals surface area contributed by atoms with Crippen LogP contribution >= 0.6 is 0 Å². The zero-order chi connectivity index (χ0) is 12.0. The van der Waals surface area contributed by atoms with E-state index in [1.165, 1.54) is 32.1 Å². The minimum atomic E-state index is 0.130. The van der Waals surface area contributed by atoms with E-state index in [1.54, 1.807) is 0 Å². The monoisotopic (exact) mass is 227 g/mol. The van der Waals surface area contributed by atoms with Crippen molar-refractivity contribution in [2.45, 2.75) is 71.4 Å². The smallest absolute Gasteiger partial charge is 0.0806 e. The minimum Gasteiger partial charge on any atom is -0.374 e. The van der Waals surface area contributed by atoms with Crippen molar-refractivity contribution in [3.8, 4) is 0 Å². The van der Waals surface area contributed by atoms with Crippen LogP contribution in [-0.4, -0.2) is 24.8 Å². The Bertz CT molecular complexity index is 183. The molecular weight excluding hydrogens is 198 g/mol. The summed E-state index contributed by atoms with van der Waals surface area (Å²) in [5.41, 5.74) is 0.130. The van der Waals surface area contributed by atoms with Crippen molar-refractivity contribution in [2.24, 2.45) is 5.92 Å². The summed E-state index contributed by atoms with van der Waals surface area (Å²) >= 11 is 0. The number of nitrogens with one attached hydrogen (secondary N) is 1. The zero-order valence-corrected chi connectivity index (χ0v) is 11.5. The van der Waals surface area contributed by atoms with Crippen LogP contribution in [0.1, 0.15) is 59.8 Å². The average Bonchev–Trinajstić information content (AvgIpc) is 2.28. The van der Waals surface area contributed by atoms with Gasteiger partial charge >= 0.3 is 0 Å². The van der Waals surface area contributed by atoms with Gasteiger partial charge in [0.1, 0.15) is 0 Å². The third kappa shape index (κ3) is 4.06. The molecule has 0 amide bonds. The third-order valence-electron chi connectivity index (χ3n) is 3.88. The van der Waals surface area contributed by atoms with E-state index in [2.05, 4.69) is 33.0 Å². The van der Waals surface area contributed by atoms with Crippen molar-refractivity contribution < 1.29 is 4.74 Å². The Morgan fingerprint density at radius 1 is 1.25 bits per heavy atom. The van der Waals surface area contributed by atoms with E-state index in [1.807, 2.05) is 0 Å². The first kappa shape index (κ1) is 14.0. The summed E-state index contributed by atoms with van der Waals surface area (Å²) in [5.74, 6) is 0.938. The molecule has 1 aliphatic rings. The van der Waals surface area contributed by atoms with Crippen LogP contribution in [0.4, 0.5) is 0 Å². The van der Waals surface area contributed by atoms with Gasteiger partial charge in [-0.3, -0.25) is 0 Å². The van der Waals surface area contributed by atoms with E-state index in [0.29, 0.717) is 6.04 Å². The highest BCUT2D eigenvalue weighted by Crippen LogP contribution is 2.35. The predicted octanol–water partition coefficient (Wildman–Crippen LogP) is 3.36. The summed E-state index contributed by atoms with van der Waals surface area (Å²) in [5, 5.41) is 3.55. The lowest BCUT2D eigenvalue weighted by molar-refractivity contribution is -0.0722. The van der Waals surface area contributed by atoms with Crippen molar-refractivity contribution in [1.82, 2.24) is 5.32 Å². The molecule has 1 rings (SSSR count). The Labute approximate surface area is 101 Å². The SMILES string of the molecule is CCOC1(CNC(C)C)CCC(CC)CC1. The second-order valence-corrected chi connectivity index (χ2v) is 5.50. The second-order valence-electron chi connectivity index (χ2n) is 5.50. The summed E-state index contributed by atoms with van der Waals surface area (Å²) in [6, 6.07) is 0.557. The summed E-state index contributed by atoms with van der Waals surface area (Å²) in [7, 11) is 0. The highest BCUT2D eigenvalue weighted by molar-refractivity contribution is 4.89. The Hall–Kier alpha value is -0.0800. The molecule has 96 valence electrons. The lowest BCUT2D eigenvalue weighted by Crippen LogP contribution is -2.47. The van der Waals surface area contributed by atoms with Crippen LogP contribution in [0.5, 0.6) is 0 Å². The largest absolute Gasteiger partial charge is 0.374 e. The van der Waals surface area contributed by atoms with Crippen LogP contribution in [0.25, 0.3) is 0 Å². The van der Waals surface area contributed by atoms with Gasteiger partial charge in [0.2, 0.25) is 0 Å². The van der Waals surface area contributed by atoms with Gasteiger partial charge in [-0.25, -0.2) is 0 Å². The van der Waals surface area contributed by atoms with Crippen LogP contribution in [0, 0.1) is 5.92 Å². The number of hydrogen-bond acceptors (Lipinski definition) is 2. The third-order valence-corrected chi connectivity index (χ3v) is 3.88. The number of rotatable bonds is 6. The Morgan fingerprint density at radius 2 is 1.88 bits per heavy atom. The molecule has 0 atom stereocenters. The van der Waals surface area contributed by atoms with Crippen molar-refractivity contribution in [1.29, 1.82) is 0 Å². The standard InChI is InChI=1S/C14H29NO/c1-5-13-7-9-14(10-8-13,16-6-2)11-15-12(3)4/h12-13,15H,5-11H2,1-4H3. The van der Waals surface area contributed by atoms with Crippen LogP contribution in [-0.2, 0) is 4.74 Å². The topological polar surface area (TPSA) is 21.3 Å². The fraction of sp³-hybridized carbons (Fsp3) is 1.00. The lowest BCUT2D eigenvalue weighted by Gasteiger charge is -2.40. The van der Waals surface area contributed by atoms with Crippen molar-refractivity contribution in [3.63, 3.8) is 0 Å². The molecule has 0 aromatic carbocycles. The van der Waals surface area contributed by atoms with Gasteiger partial charge in [-0.15, -0.1) is 0 Å². The number of ether oxygens (including phenoxy) is 1. The summed E-state index contributed by atoms with van der Waals surface area (Å²) in [6.07, 6.45) is 6.49. The maximum Gasteiger partial charge on any atom is 0.0806 e. The molecule has 0 aromatic heterocycles. The number of hydrogen-bond donors (Lipinski definition) is 1. The normalized spacial score (nSPS) is 30.9. The van der Waals surface area contributed by atoms with Crippen molar-refractivity contribution >= 4 is 0 Å². The van der Waals surface area contributed by atoms with E-state index >= 15 is 0 Å². The molecule has 0 bridgehead atoms. The molecule has 0 saturated heterocycles. The molecule has 1 aliphatic carbocycles. The molecule has 2 nitrogen and oxygen atoms in total. The Kier molecular flexibility index (Phi) is 5.77. The minimum absolute atomic E-state index is 0.130. The summed E-state index contributed by atoms with van der Waals surface area (Å²) in [6.45, 7) is 10.7. The van der Waals surface area contributed by atoms with Crippen LogP contribution in [0.3, 0.4) is 0 Å². The Morgan fingerprint density at radius 3 is 2.31 bits per heavy atom. The average molecular weight is 227 g/mol. The van der Waals surface area contributed by atoms with Gasteiger partial charge in [-0.05, 0) is 38.5 Å². The molecule has 0 radical (unpaired) electrons. The summed E-state index contributed by atoms with van der Waals surface area (Å²) in [4.78, 5) is 0. The van der Waals surface area contributed by atoms with E-state index in [4.69, 9.17) is 4.74 Å². The van der Waals surface area contributed by atoms with Crippen molar-refractivity contribution in [3.05, 3.63) is 0 Å². The van der Waals surface area contributed by atoms with Crippen molar-refractivity contribution in [2.75, 3.05) is 13.2 Å². The molecule has 0 aromatic rings. The molecule has 0 aliphatic heterocycles. The maximum atomic E-state index is 6.05. The fourth-order valence-corrected chi connectivity index (χ4v) is 2.68. The fourth-order valence-electron chi connectivity index (χ4n) is 2.68. The quantitative estimate of drug-likeness (QED) is 0.751. The molecule has 16 heavy (non-hydrogen) atoms. The maximum absolute atomic E-state index is 6.05.